The molecule has 0 spiro atoms. The molecule has 6 aromatic rings. The highest BCUT2D eigenvalue weighted by Crippen LogP contribution is 2.45. The van der Waals surface area contributed by atoms with E-state index in [1.54, 1.807) is 24.3 Å². The number of amides is 2. The first-order valence-electron chi connectivity index (χ1n) is 27.9. The van der Waals surface area contributed by atoms with Crippen molar-refractivity contribution in [3.63, 3.8) is 0 Å². The highest BCUT2D eigenvalue weighted by molar-refractivity contribution is 7.40. The smallest absolute Gasteiger partial charge is 0.345 e. The lowest BCUT2D eigenvalue weighted by atomic mass is 9.81. The van der Waals surface area contributed by atoms with Gasteiger partial charge in [0.05, 0.1) is 123 Å². The first-order valence-corrected chi connectivity index (χ1v) is 29.1. The Bertz CT molecular complexity index is 3250. The number of anilines is 4. The van der Waals surface area contributed by atoms with Crippen LogP contribution in [0.5, 0.6) is 0 Å². The SMILES string of the molecule is Cc1ccccc1-c1cc(N2CC[N+](C)(COP(O)OC[N+]3(C)CCN(c4cc(-c5ccccc5C)c(N(C)C(=O)C(C)(C)c5cc(C(F)(F)F)cc(C(F)(F)F)c5)cn4)CC3)CC2)ncc1N(C)C(=O)C(C)(C)c1cc(C(F)(F)F)cc(C(F)(F)F)c1. The van der Waals surface area contributed by atoms with Gasteiger partial charge in [0.2, 0.25) is 11.8 Å². The van der Waals surface area contributed by atoms with Crippen molar-refractivity contribution in [2.75, 3.05) is 114 Å². The van der Waals surface area contributed by atoms with E-state index in [4.69, 9.17) is 19.0 Å². The minimum Gasteiger partial charge on any atom is -0.345 e. The summed E-state index contributed by atoms with van der Waals surface area (Å²) >= 11 is 0. The molecule has 0 saturated carbocycles. The van der Waals surface area contributed by atoms with Gasteiger partial charge in [0.25, 0.3) is 0 Å². The summed E-state index contributed by atoms with van der Waals surface area (Å²) in [6.07, 6.45) is -17.5. The normalized spacial score (nSPS) is 16.0. The highest BCUT2D eigenvalue weighted by atomic mass is 31.2. The molecule has 0 atom stereocenters. The molecule has 13 nitrogen and oxygen atoms in total. The zero-order valence-corrected chi connectivity index (χ0v) is 51.0. The van der Waals surface area contributed by atoms with E-state index >= 15 is 0 Å². The number of carbonyl (C=O) groups is 2. The van der Waals surface area contributed by atoms with E-state index in [0.717, 1.165) is 22.3 Å². The standard InChI is InChI=1S/C62H69F12N8O5P/c1-39-15-11-13-17-47(39)49-33-53(75-35-51(49)77(7)55(83)57(3,4)41-27-43(59(63,64)65)31-44(28-41)60(66,67)68)79-19-23-81(9,24-20-79)37-86-88(85)87-38-82(10)25-21-80(22-26-82)54-34-50(48-18-14-12-16-40(48)2)52(36-76-54)78(8)56(84)58(5,6)42-29-45(61(69,70)71)32-46(30-42)62(72,73)74/h11-18,27-36,85H,19-26,37-38H2,1-10H3/q+2. The van der Waals surface area contributed by atoms with Crippen molar-refractivity contribution in [3.8, 4) is 22.3 Å². The molecular weight excluding hydrogens is 1200 g/mol. The summed E-state index contributed by atoms with van der Waals surface area (Å²) in [6.45, 7) is 13.2. The van der Waals surface area contributed by atoms with E-state index < -0.39 is 89.3 Å². The van der Waals surface area contributed by atoms with Gasteiger partial charge in [-0.05, 0) is 123 Å². The Morgan fingerprint density at radius 3 is 1.07 bits per heavy atom. The lowest BCUT2D eigenvalue weighted by molar-refractivity contribution is -0.927. The van der Waals surface area contributed by atoms with Crippen LogP contribution >= 0.6 is 8.60 Å². The highest BCUT2D eigenvalue weighted by Gasteiger charge is 2.44. The van der Waals surface area contributed by atoms with Gasteiger partial charge < -0.3 is 33.5 Å². The van der Waals surface area contributed by atoms with Crippen LogP contribution in [0.4, 0.5) is 75.7 Å². The minimum atomic E-state index is -5.11. The van der Waals surface area contributed by atoms with Crippen LogP contribution in [0, 0.1) is 13.8 Å². The Balaban J connectivity index is 0.895. The van der Waals surface area contributed by atoms with Crippen LogP contribution in [0.1, 0.15) is 72.2 Å². The van der Waals surface area contributed by atoms with E-state index in [1.165, 1.54) is 64.0 Å². The second kappa shape index (κ2) is 24.8. The molecule has 4 heterocycles. The van der Waals surface area contributed by atoms with Crippen LogP contribution in [-0.2, 0) is 54.2 Å². The number of nitrogens with zero attached hydrogens (tertiary/aromatic N) is 8. The van der Waals surface area contributed by atoms with Gasteiger partial charge >= 0.3 is 33.3 Å². The number of carbonyl (C=O) groups excluding carboxylic acids is 2. The fourth-order valence-electron chi connectivity index (χ4n) is 10.9. The fourth-order valence-corrected chi connectivity index (χ4v) is 11.7. The predicted molar refractivity (Wildman–Crippen MR) is 312 cm³/mol. The second-order valence-corrected chi connectivity index (χ2v) is 25.2. The monoisotopic (exact) mass is 1260 g/mol. The van der Waals surface area contributed by atoms with Crippen LogP contribution in [-0.4, -0.2) is 130 Å². The Kier molecular flexibility index (Phi) is 18.9. The number of aromatic nitrogens is 2. The summed E-state index contributed by atoms with van der Waals surface area (Å²) in [5.74, 6) is -0.437. The molecule has 2 aliphatic rings. The topological polar surface area (TPSA) is 112 Å². The molecular formula is C62H69F12N8O5P+2. The number of halogens is 12. The third-order valence-electron chi connectivity index (χ3n) is 16.9. The molecule has 8 rings (SSSR count). The summed E-state index contributed by atoms with van der Waals surface area (Å²) in [5, 5.41) is 0. The van der Waals surface area contributed by atoms with Gasteiger partial charge in [-0.1, -0.05) is 48.5 Å². The number of piperazine rings is 2. The average Bonchev–Trinajstić information content (AvgIpc) is 1.41. The van der Waals surface area contributed by atoms with Crippen molar-refractivity contribution >= 4 is 43.4 Å². The summed E-state index contributed by atoms with van der Waals surface area (Å²) < 4.78 is 180. The van der Waals surface area contributed by atoms with Crippen molar-refractivity contribution in [1.29, 1.82) is 0 Å². The van der Waals surface area contributed by atoms with Crippen LogP contribution < -0.4 is 19.6 Å². The van der Waals surface area contributed by atoms with E-state index in [2.05, 4.69) is 0 Å². The zero-order valence-electron chi connectivity index (χ0n) is 50.1. The predicted octanol–water partition coefficient (Wildman–Crippen LogP) is 13.8. The Morgan fingerprint density at radius 1 is 0.500 bits per heavy atom. The quantitative estimate of drug-likeness (QED) is 0.0575. The molecule has 1 N–H and O–H groups in total. The largest absolute Gasteiger partial charge is 0.416 e. The number of alkyl halides is 12. The van der Waals surface area contributed by atoms with E-state index in [0.29, 0.717) is 108 Å². The maximum absolute atomic E-state index is 14.3. The van der Waals surface area contributed by atoms with Gasteiger partial charge in [0.1, 0.15) is 11.6 Å². The van der Waals surface area contributed by atoms with Gasteiger partial charge in [0, 0.05) is 25.2 Å². The molecule has 0 bridgehead atoms. The number of pyridine rings is 2. The Morgan fingerprint density at radius 2 is 0.784 bits per heavy atom. The molecule has 0 aliphatic carbocycles. The summed E-state index contributed by atoms with van der Waals surface area (Å²) in [4.78, 5) is 55.7. The molecule has 0 unspecified atom stereocenters. The van der Waals surface area contributed by atoms with Gasteiger partial charge in [0.15, 0.2) is 13.5 Å². The molecule has 2 aromatic heterocycles. The summed E-state index contributed by atoms with van der Waals surface area (Å²) in [5.41, 5.74) is -6.02. The third kappa shape index (κ3) is 14.7. The number of likely N-dealkylation sites (N-methyl/N-ethyl adjacent to an activating group) is 4. The summed E-state index contributed by atoms with van der Waals surface area (Å²) in [7, 11) is 4.44. The van der Waals surface area contributed by atoms with Crippen LogP contribution in [0.25, 0.3) is 22.3 Å². The van der Waals surface area contributed by atoms with Crippen molar-refractivity contribution in [2.24, 2.45) is 0 Å². The second-order valence-electron chi connectivity index (χ2n) is 24.2. The summed E-state index contributed by atoms with van der Waals surface area (Å²) in [6, 6.07) is 20.6. The van der Waals surface area contributed by atoms with Crippen molar-refractivity contribution in [3.05, 3.63) is 154 Å². The molecule has 474 valence electrons. The fraction of sp³-hybridized carbons (Fsp3) is 0.419. The maximum atomic E-state index is 14.3. The molecule has 2 fully saturated rings. The molecule has 2 aliphatic heterocycles. The maximum Gasteiger partial charge on any atom is 0.416 e. The molecule has 2 amide bonds. The van der Waals surface area contributed by atoms with Gasteiger partial charge in [-0.3, -0.25) is 18.6 Å². The number of hydrogen-bond donors (Lipinski definition) is 1. The third-order valence-corrected chi connectivity index (χ3v) is 17.5. The number of quaternary nitrogens is 2. The number of aryl methyl sites for hydroxylation is 2. The molecule has 0 radical (unpaired) electrons. The molecule has 26 heteroatoms. The van der Waals surface area contributed by atoms with E-state index in [1.807, 2.05) is 74.1 Å². The lowest BCUT2D eigenvalue weighted by Gasteiger charge is -2.43. The van der Waals surface area contributed by atoms with E-state index in [9.17, 15) is 67.2 Å². The Labute approximate surface area is 503 Å². The molecule has 2 saturated heterocycles. The zero-order chi connectivity index (χ0) is 64.9. The first kappa shape index (κ1) is 67.0. The molecule has 88 heavy (non-hydrogen) atoms. The number of benzene rings is 4. The van der Waals surface area contributed by atoms with Crippen molar-refractivity contribution in [2.45, 2.75) is 77.1 Å². The van der Waals surface area contributed by atoms with Gasteiger partial charge in [-0.2, -0.15) is 52.7 Å². The lowest BCUT2D eigenvalue weighted by Crippen LogP contribution is -2.58. The van der Waals surface area contributed by atoms with E-state index in [-0.39, 0.29) is 37.0 Å². The Hall–Kier alpha value is -6.89. The van der Waals surface area contributed by atoms with Crippen molar-refractivity contribution < 1.29 is 85.2 Å². The average molecular weight is 1270 g/mol. The van der Waals surface area contributed by atoms with Crippen LogP contribution in [0.3, 0.4) is 0 Å². The van der Waals surface area contributed by atoms with Crippen LogP contribution in [0.2, 0.25) is 0 Å². The van der Waals surface area contributed by atoms with Gasteiger partial charge in [-0.25, -0.2) is 9.97 Å². The number of hydrogen-bond acceptors (Lipinski definition) is 9. The van der Waals surface area contributed by atoms with Gasteiger partial charge in [-0.15, -0.1) is 0 Å². The minimum absolute atomic E-state index is 0.0246. The molecule has 4 aromatic carbocycles. The number of rotatable bonds is 16. The van der Waals surface area contributed by atoms with Crippen molar-refractivity contribution in [1.82, 2.24) is 9.97 Å². The first-order chi connectivity index (χ1) is 40.7. The van der Waals surface area contributed by atoms with Crippen LogP contribution in [0.15, 0.2) is 109 Å².